The molecule has 0 saturated heterocycles. The number of aromatic nitrogens is 2. The zero-order chi connectivity index (χ0) is 18.9. The predicted molar refractivity (Wildman–Crippen MR) is 90.5 cm³/mol. The first kappa shape index (κ1) is 19.5. The van der Waals surface area contributed by atoms with Crippen LogP contribution in [0.2, 0.25) is 5.02 Å². The molecule has 1 heterocycles. The van der Waals surface area contributed by atoms with Crippen molar-refractivity contribution in [3.8, 4) is 11.4 Å². The molecule has 136 valence electrons. The molecule has 2 aromatic carbocycles. The van der Waals surface area contributed by atoms with Gasteiger partial charge in [0.05, 0.1) is 11.6 Å². The van der Waals surface area contributed by atoms with Crippen LogP contribution in [-0.4, -0.2) is 34.3 Å². The van der Waals surface area contributed by atoms with Gasteiger partial charge >= 0.3 is 0 Å². The lowest BCUT2D eigenvalue weighted by molar-refractivity contribution is 0.0944. The lowest BCUT2D eigenvalue weighted by Gasteiger charge is -2.01. The zero-order valence-corrected chi connectivity index (χ0v) is 14.1. The van der Waals surface area contributed by atoms with Crippen molar-refractivity contribution >= 4 is 17.5 Å². The number of halogens is 3. The van der Waals surface area contributed by atoms with Crippen molar-refractivity contribution < 1.29 is 23.2 Å². The molecular weight excluding hydrogens is 368 g/mol. The van der Waals surface area contributed by atoms with E-state index >= 15 is 0 Å². The van der Waals surface area contributed by atoms with E-state index in [2.05, 4.69) is 20.0 Å². The van der Waals surface area contributed by atoms with Crippen molar-refractivity contribution in [1.29, 1.82) is 0 Å². The third-order valence-corrected chi connectivity index (χ3v) is 3.35. The summed E-state index contributed by atoms with van der Waals surface area (Å²) in [5.74, 6) is -0.727. The van der Waals surface area contributed by atoms with E-state index in [4.69, 9.17) is 16.7 Å². The highest BCUT2D eigenvalue weighted by Crippen LogP contribution is 2.25. The van der Waals surface area contributed by atoms with E-state index in [1.807, 2.05) is 0 Å². The van der Waals surface area contributed by atoms with Gasteiger partial charge in [-0.25, -0.2) is 8.78 Å². The second kappa shape index (κ2) is 9.59. The van der Waals surface area contributed by atoms with Crippen LogP contribution in [0.5, 0.6) is 0 Å². The second-order valence-corrected chi connectivity index (χ2v) is 5.27. The summed E-state index contributed by atoms with van der Waals surface area (Å²) >= 11 is 5.76. The quantitative estimate of drug-likeness (QED) is 0.725. The van der Waals surface area contributed by atoms with E-state index in [-0.39, 0.29) is 29.9 Å². The van der Waals surface area contributed by atoms with Gasteiger partial charge in [-0.05, 0) is 42.5 Å². The topological polar surface area (TPSA) is 88.2 Å². The average Bonchev–Trinajstić information content (AvgIpc) is 3.15. The van der Waals surface area contributed by atoms with Crippen molar-refractivity contribution in [2.45, 2.75) is 0 Å². The molecule has 3 rings (SSSR count). The fraction of sp³-hybridized carbons (Fsp3) is 0.118. The molecule has 0 radical (unpaired) electrons. The highest BCUT2D eigenvalue weighted by Gasteiger charge is 2.08. The Kier molecular flexibility index (Phi) is 7.19. The van der Waals surface area contributed by atoms with Crippen molar-refractivity contribution in [1.82, 2.24) is 15.5 Å². The summed E-state index contributed by atoms with van der Waals surface area (Å²) in [6.45, 7) is 0.100. The maximum atomic E-state index is 12.6. The Morgan fingerprint density at radius 2 is 1.85 bits per heavy atom. The molecule has 1 aromatic heterocycles. The number of hydrogen-bond donors (Lipinski definition) is 2. The smallest absolute Gasteiger partial charge is 0.251 e. The monoisotopic (exact) mass is 381 g/mol. The Morgan fingerprint density at radius 3 is 2.42 bits per heavy atom. The van der Waals surface area contributed by atoms with Gasteiger partial charge in [-0.1, -0.05) is 16.8 Å². The van der Waals surface area contributed by atoms with Gasteiger partial charge in [0.2, 0.25) is 12.2 Å². The van der Waals surface area contributed by atoms with Crippen LogP contribution in [-0.2, 0) is 0 Å². The third kappa shape index (κ3) is 5.61. The molecule has 1 amide bonds. The standard InChI is InChI=1S/C9H10FNO2.C8H4ClFN2O/c10-8-3-1-7(2-4-8)9(13)11-5-6-12;9-7-3-5(10)1-2-6(7)8-11-4-13-12-8/h1-4,12H,5-6H2,(H,11,13);1-4H. The van der Waals surface area contributed by atoms with Gasteiger partial charge < -0.3 is 14.9 Å². The molecule has 0 aliphatic heterocycles. The molecule has 0 atom stereocenters. The SMILES string of the molecule is Fc1ccc(-c2ncon2)c(Cl)c1.O=C(NCCO)c1ccc(F)cc1. The number of aliphatic hydroxyl groups is 1. The molecule has 0 saturated carbocycles. The van der Waals surface area contributed by atoms with Crippen molar-refractivity contribution in [2.24, 2.45) is 0 Å². The largest absolute Gasteiger partial charge is 0.395 e. The summed E-state index contributed by atoms with van der Waals surface area (Å²) in [6, 6.07) is 9.21. The Labute approximate surface area is 152 Å². The van der Waals surface area contributed by atoms with E-state index < -0.39 is 5.82 Å². The molecule has 26 heavy (non-hydrogen) atoms. The molecule has 0 unspecified atom stereocenters. The minimum absolute atomic E-state index is 0.104. The molecule has 0 fully saturated rings. The maximum absolute atomic E-state index is 12.6. The van der Waals surface area contributed by atoms with Crippen molar-refractivity contribution in [2.75, 3.05) is 13.2 Å². The molecule has 2 N–H and O–H groups in total. The van der Waals surface area contributed by atoms with Crippen LogP contribution < -0.4 is 5.32 Å². The summed E-state index contributed by atoms with van der Waals surface area (Å²) < 4.78 is 29.6. The average molecular weight is 382 g/mol. The number of nitrogens with one attached hydrogen (secondary N) is 1. The Balaban J connectivity index is 0.000000187. The maximum Gasteiger partial charge on any atom is 0.251 e. The third-order valence-electron chi connectivity index (χ3n) is 3.04. The number of amides is 1. The van der Waals surface area contributed by atoms with Gasteiger partial charge in [0.15, 0.2) is 0 Å². The molecule has 0 spiro atoms. The van der Waals surface area contributed by atoms with E-state index in [0.717, 1.165) is 0 Å². The minimum Gasteiger partial charge on any atom is -0.395 e. The molecular formula is C17H14ClF2N3O3. The van der Waals surface area contributed by atoms with Gasteiger partial charge in [0.25, 0.3) is 5.91 Å². The zero-order valence-electron chi connectivity index (χ0n) is 13.3. The number of nitrogens with zero attached hydrogens (tertiary/aromatic N) is 2. The van der Waals surface area contributed by atoms with Gasteiger partial charge in [0, 0.05) is 17.7 Å². The van der Waals surface area contributed by atoms with Crippen LogP contribution in [0.4, 0.5) is 8.78 Å². The Morgan fingerprint density at radius 1 is 1.15 bits per heavy atom. The molecule has 0 aliphatic carbocycles. The number of hydrogen-bond acceptors (Lipinski definition) is 5. The first-order valence-corrected chi connectivity index (χ1v) is 7.75. The summed E-state index contributed by atoms with van der Waals surface area (Å²) in [4.78, 5) is 15.0. The van der Waals surface area contributed by atoms with Crippen LogP contribution in [0.1, 0.15) is 10.4 Å². The second-order valence-electron chi connectivity index (χ2n) is 4.87. The minimum atomic E-state index is -0.391. The number of aliphatic hydroxyl groups excluding tert-OH is 1. The molecule has 0 bridgehead atoms. The summed E-state index contributed by atoms with van der Waals surface area (Å²) in [5, 5.41) is 14.7. The molecule has 3 aromatic rings. The Hall–Kier alpha value is -2.84. The van der Waals surface area contributed by atoms with Gasteiger partial charge in [-0.3, -0.25) is 4.79 Å². The van der Waals surface area contributed by atoms with Crippen LogP contribution in [0.3, 0.4) is 0 Å². The lowest BCUT2D eigenvalue weighted by atomic mass is 10.2. The predicted octanol–water partition coefficient (Wildman–Crippen LogP) is 3.08. The first-order valence-electron chi connectivity index (χ1n) is 7.37. The lowest BCUT2D eigenvalue weighted by Crippen LogP contribution is -2.26. The van der Waals surface area contributed by atoms with Crippen molar-refractivity contribution in [3.63, 3.8) is 0 Å². The van der Waals surface area contributed by atoms with Crippen LogP contribution in [0, 0.1) is 11.6 Å². The summed E-state index contributed by atoms with van der Waals surface area (Å²) in [6.07, 6.45) is 1.19. The summed E-state index contributed by atoms with van der Waals surface area (Å²) in [7, 11) is 0. The van der Waals surface area contributed by atoms with Gasteiger partial charge in [0.1, 0.15) is 11.6 Å². The molecule has 6 nitrogen and oxygen atoms in total. The number of benzene rings is 2. The van der Waals surface area contributed by atoms with Crippen LogP contribution in [0.25, 0.3) is 11.4 Å². The highest BCUT2D eigenvalue weighted by molar-refractivity contribution is 6.33. The number of carbonyl (C=O) groups is 1. The van der Waals surface area contributed by atoms with Crippen LogP contribution >= 0.6 is 11.6 Å². The fourth-order valence-corrected chi connectivity index (χ4v) is 2.08. The van der Waals surface area contributed by atoms with E-state index in [9.17, 15) is 13.6 Å². The number of carbonyl (C=O) groups excluding carboxylic acids is 1. The highest BCUT2D eigenvalue weighted by atomic mass is 35.5. The van der Waals surface area contributed by atoms with Crippen molar-refractivity contribution in [3.05, 3.63) is 71.1 Å². The van der Waals surface area contributed by atoms with Gasteiger partial charge in [-0.15, -0.1) is 0 Å². The van der Waals surface area contributed by atoms with E-state index in [0.29, 0.717) is 17.0 Å². The molecule has 0 aliphatic rings. The Bertz CT molecular complexity index is 843. The molecule has 9 heteroatoms. The number of rotatable bonds is 4. The first-order chi connectivity index (χ1) is 12.5. The normalized spacial score (nSPS) is 10.0. The summed E-state index contributed by atoms with van der Waals surface area (Å²) in [5.41, 5.74) is 0.937. The fourth-order valence-electron chi connectivity index (χ4n) is 1.83. The van der Waals surface area contributed by atoms with Crippen LogP contribution in [0.15, 0.2) is 53.4 Å². The van der Waals surface area contributed by atoms with E-state index in [1.54, 1.807) is 0 Å². The van der Waals surface area contributed by atoms with Gasteiger partial charge in [-0.2, -0.15) is 4.98 Å². The van der Waals surface area contributed by atoms with E-state index in [1.165, 1.54) is 48.9 Å².